The molecule has 0 saturated carbocycles. The molecule has 1 fully saturated rings. The van der Waals surface area contributed by atoms with Gasteiger partial charge < -0.3 is 10.6 Å². The molecule has 14 heavy (non-hydrogen) atoms. The lowest BCUT2D eigenvalue weighted by Gasteiger charge is -2.13. The van der Waals surface area contributed by atoms with E-state index in [1.807, 2.05) is 0 Å². The van der Waals surface area contributed by atoms with Gasteiger partial charge in [-0.15, -0.1) is 0 Å². The molecule has 2 rings (SSSR count). The van der Waals surface area contributed by atoms with Gasteiger partial charge in [-0.2, -0.15) is 0 Å². The molecule has 2 nitrogen and oxygen atoms in total. The lowest BCUT2D eigenvalue weighted by atomic mass is 10.2. The maximum Gasteiger partial charge on any atom is 0.149 e. The zero-order valence-corrected chi connectivity index (χ0v) is 7.69. The zero-order chi connectivity index (χ0) is 9.97. The quantitative estimate of drug-likeness (QED) is 0.756. The van der Waals surface area contributed by atoms with Gasteiger partial charge in [0, 0.05) is 18.7 Å². The van der Waals surface area contributed by atoms with E-state index in [0.29, 0.717) is 5.69 Å². The number of hydrogen-bond donors (Lipinski definition) is 2. The molecular formula is C10H12F2N2. The smallest absolute Gasteiger partial charge is 0.149 e. The van der Waals surface area contributed by atoms with Gasteiger partial charge in [0.05, 0.1) is 5.69 Å². The number of hydrogen-bond acceptors (Lipinski definition) is 2. The molecule has 1 aliphatic rings. The molecule has 2 N–H and O–H groups in total. The second-order valence-corrected chi connectivity index (χ2v) is 3.46. The molecule has 1 saturated heterocycles. The van der Waals surface area contributed by atoms with E-state index in [0.717, 1.165) is 25.6 Å². The van der Waals surface area contributed by atoms with E-state index in [1.54, 1.807) is 0 Å². The molecule has 1 aromatic rings. The third-order valence-electron chi connectivity index (χ3n) is 2.35. The second-order valence-electron chi connectivity index (χ2n) is 3.46. The number of rotatable bonds is 2. The maximum absolute atomic E-state index is 13.2. The Morgan fingerprint density at radius 1 is 1.36 bits per heavy atom. The van der Waals surface area contributed by atoms with E-state index in [2.05, 4.69) is 10.6 Å². The minimum Gasteiger partial charge on any atom is -0.379 e. The van der Waals surface area contributed by atoms with Crippen molar-refractivity contribution in [2.45, 2.75) is 12.5 Å². The molecule has 1 heterocycles. The average molecular weight is 198 g/mol. The van der Waals surface area contributed by atoms with Crippen LogP contribution in [0.15, 0.2) is 18.2 Å². The lowest BCUT2D eigenvalue weighted by Crippen LogP contribution is -2.22. The molecule has 0 radical (unpaired) electrons. The normalized spacial score (nSPS) is 21.1. The van der Waals surface area contributed by atoms with Crippen LogP contribution in [-0.2, 0) is 0 Å². The van der Waals surface area contributed by atoms with Crippen LogP contribution in [0, 0.1) is 11.6 Å². The van der Waals surface area contributed by atoms with Gasteiger partial charge in [-0.05, 0) is 25.1 Å². The van der Waals surface area contributed by atoms with Gasteiger partial charge in [-0.3, -0.25) is 0 Å². The fraction of sp³-hybridized carbons (Fsp3) is 0.400. The third kappa shape index (κ3) is 2.01. The monoisotopic (exact) mass is 198 g/mol. The van der Waals surface area contributed by atoms with Crippen LogP contribution in [0.3, 0.4) is 0 Å². The molecule has 1 aliphatic heterocycles. The van der Waals surface area contributed by atoms with E-state index in [4.69, 9.17) is 0 Å². The summed E-state index contributed by atoms with van der Waals surface area (Å²) in [5, 5.41) is 6.20. The van der Waals surface area contributed by atoms with Crippen LogP contribution in [0.1, 0.15) is 6.42 Å². The first-order chi connectivity index (χ1) is 6.75. The molecular weight excluding hydrogens is 186 g/mol. The molecule has 76 valence electrons. The number of benzene rings is 1. The summed E-state index contributed by atoms with van der Waals surface area (Å²) in [4.78, 5) is 0. The van der Waals surface area contributed by atoms with Gasteiger partial charge in [-0.25, -0.2) is 8.78 Å². The Balaban J connectivity index is 2.08. The molecule has 4 heteroatoms. The Morgan fingerprint density at radius 3 is 2.86 bits per heavy atom. The molecule has 0 spiro atoms. The summed E-state index contributed by atoms with van der Waals surface area (Å²) in [5.74, 6) is -1.07. The Hall–Kier alpha value is -1.16. The summed E-state index contributed by atoms with van der Waals surface area (Å²) in [7, 11) is 0. The summed E-state index contributed by atoms with van der Waals surface area (Å²) in [5.41, 5.74) is 0.375. The standard InChI is InChI=1S/C10H12F2N2/c11-7-1-2-10(9(12)5-7)14-8-3-4-13-6-8/h1-2,5,8,13-14H,3-4,6H2. The van der Waals surface area contributed by atoms with Crippen LogP contribution in [0.4, 0.5) is 14.5 Å². The first-order valence-corrected chi connectivity index (χ1v) is 4.68. The highest BCUT2D eigenvalue weighted by Gasteiger charge is 2.15. The average Bonchev–Trinajstić information content (AvgIpc) is 2.62. The van der Waals surface area contributed by atoms with Crippen molar-refractivity contribution in [3.63, 3.8) is 0 Å². The highest BCUT2D eigenvalue weighted by molar-refractivity contribution is 5.45. The number of anilines is 1. The lowest BCUT2D eigenvalue weighted by molar-refractivity contribution is 0.583. The van der Waals surface area contributed by atoms with Crippen molar-refractivity contribution in [3.8, 4) is 0 Å². The van der Waals surface area contributed by atoms with Crippen LogP contribution in [0.25, 0.3) is 0 Å². The van der Waals surface area contributed by atoms with Crippen molar-refractivity contribution in [2.24, 2.45) is 0 Å². The zero-order valence-electron chi connectivity index (χ0n) is 7.69. The molecule has 1 aromatic carbocycles. The van der Waals surface area contributed by atoms with Crippen molar-refractivity contribution in [1.29, 1.82) is 0 Å². The summed E-state index contributed by atoms with van der Waals surface area (Å²) in [6.07, 6.45) is 0.969. The van der Waals surface area contributed by atoms with E-state index in [1.165, 1.54) is 12.1 Å². The van der Waals surface area contributed by atoms with E-state index < -0.39 is 11.6 Å². The molecule has 0 aliphatic carbocycles. The van der Waals surface area contributed by atoms with Gasteiger partial charge in [0.2, 0.25) is 0 Å². The largest absolute Gasteiger partial charge is 0.379 e. The van der Waals surface area contributed by atoms with Crippen LogP contribution in [0.5, 0.6) is 0 Å². The molecule has 1 atom stereocenters. The Bertz CT molecular complexity index is 322. The molecule has 0 aromatic heterocycles. The van der Waals surface area contributed by atoms with Crippen molar-refractivity contribution >= 4 is 5.69 Å². The van der Waals surface area contributed by atoms with Crippen molar-refractivity contribution in [3.05, 3.63) is 29.8 Å². The van der Waals surface area contributed by atoms with E-state index >= 15 is 0 Å². The minimum absolute atomic E-state index is 0.245. The maximum atomic E-state index is 13.2. The highest BCUT2D eigenvalue weighted by atomic mass is 19.1. The SMILES string of the molecule is Fc1ccc(NC2CCNC2)c(F)c1. The van der Waals surface area contributed by atoms with Crippen molar-refractivity contribution in [2.75, 3.05) is 18.4 Å². The molecule has 1 unspecified atom stereocenters. The van der Waals surface area contributed by atoms with Gasteiger partial charge in [0.15, 0.2) is 0 Å². The van der Waals surface area contributed by atoms with Gasteiger partial charge in [-0.1, -0.05) is 0 Å². The van der Waals surface area contributed by atoms with Crippen LogP contribution < -0.4 is 10.6 Å². The van der Waals surface area contributed by atoms with Gasteiger partial charge in [0.25, 0.3) is 0 Å². The second kappa shape index (κ2) is 3.92. The summed E-state index contributed by atoms with van der Waals surface area (Å²) in [6, 6.07) is 3.83. The third-order valence-corrected chi connectivity index (χ3v) is 2.35. The Kier molecular flexibility index (Phi) is 2.63. The topological polar surface area (TPSA) is 24.1 Å². The predicted octanol–water partition coefficient (Wildman–Crippen LogP) is 1.74. The van der Waals surface area contributed by atoms with Crippen LogP contribution >= 0.6 is 0 Å². The van der Waals surface area contributed by atoms with Crippen LogP contribution in [0.2, 0.25) is 0 Å². The Morgan fingerprint density at radius 2 is 2.21 bits per heavy atom. The van der Waals surface area contributed by atoms with Crippen molar-refractivity contribution in [1.82, 2.24) is 5.32 Å². The number of halogens is 2. The fourth-order valence-electron chi connectivity index (χ4n) is 1.60. The van der Waals surface area contributed by atoms with Gasteiger partial charge >= 0.3 is 0 Å². The summed E-state index contributed by atoms with van der Waals surface area (Å²) < 4.78 is 25.8. The Labute approximate surface area is 81.3 Å². The number of nitrogens with one attached hydrogen (secondary N) is 2. The molecule has 0 amide bonds. The highest BCUT2D eigenvalue weighted by Crippen LogP contribution is 2.17. The van der Waals surface area contributed by atoms with Crippen LogP contribution in [-0.4, -0.2) is 19.1 Å². The molecule has 0 bridgehead atoms. The first kappa shape index (κ1) is 9.40. The van der Waals surface area contributed by atoms with E-state index in [-0.39, 0.29) is 6.04 Å². The van der Waals surface area contributed by atoms with E-state index in [9.17, 15) is 8.78 Å². The van der Waals surface area contributed by atoms with Gasteiger partial charge in [0.1, 0.15) is 11.6 Å². The fourth-order valence-corrected chi connectivity index (χ4v) is 1.60. The predicted molar refractivity (Wildman–Crippen MR) is 51.3 cm³/mol. The van der Waals surface area contributed by atoms with Crippen molar-refractivity contribution < 1.29 is 8.78 Å². The first-order valence-electron chi connectivity index (χ1n) is 4.68. The minimum atomic E-state index is -0.544. The summed E-state index contributed by atoms with van der Waals surface area (Å²) >= 11 is 0. The summed E-state index contributed by atoms with van der Waals surface area (Å²) in [6.45, 7) is 1.78.